The van der Waals surface area contributed by atoms with Gasteiger partial charge in [0.15, 0.2) is 0 Å². The summed E-state index contributed by atoms with van der Waals surface area (Å²) in [6.07, 6.45) is 1.04. The average molecular weight is 262 g/mol. The van der Waals surface area contributed by atoms with Gasteiger partial charge in [-0.15, -0.1) is 0 Å². The third kappa shape index (κ3) is 3.14. The number of fused-ring (bicyclic) bond motifs is 1. The fourth-order valence-corrected chi connectivity index (χ4v) is 2.37. The summed E-state index contributed by atoms with van der Waals surface area (Å²) in [5.41, 5.74) is 3.35. The molecule has 1 aliphatic rings. The van der Waals surface area contributed by atoms with Gasteiger partial charge in [-0.2, -0.15) is 0 Å². The van der Waals surface area contributed by atoms with Crippen molar-refractivity contribution in [3.8, 4) is 0 Å². The molecule has 0 bridgehead atoms. The van der Waals surface area contributed by atoms with Crippen LogP contribution in [0, 0.1) is 0 Å². The summed E-state index contributed by atoms with van der Waals surface area (Å²) < 4.78 is 5.10. The highest BCUT2D eigenvalue weighted by Gasteiger charge is 2.19. The first-order chi connectivity index (χ1) is 9.13. The van der Waals surface area contributed by atoms with Crippen LogP contribution in [0.1, 0.15) is 28.4 Å². The molecule has 0 spiro atoms. The Kier molecular flexibility index (Phi) is 4.56. The SMILES string of the molecule is COCC(C)N(C)C(=O)c1ccc2c(c1)CNCC2. The number of nitrogens with one attached hydrogen (secondary N) is 1. The molecular weight excluding hydrogens is 240 g/mol. The molecule has 4 heteroatoms. The largest absolute Gasteiger partial charge is 0.383 e. The van der Waals surface area contributed by atoms with Gasteiger partial charge in [0.1, 0.15) is 0 Å². The van der Waals surface area contributed by atoms with E-state index >= 15 is 0 Å². The van der Waals surface area contributed by atoms with E-state index in [2.05, 4.69) is 11.4 Å². The molecule has 0 saturated carbocycles. The van der Waals surface area contributed by atoms with E-state index in [0.29, 0.717) is 6.61 Å². The van der Waals surface area contributed by atoms with Crippen LogP contribution in [0.5, 0.6) is 0 Å². The van der Waals surface area contributed by atoms with Crippen LogP contribution in [0.4, 0.5) is 0 Å². The minimum atomic E-state index is 0.0536. The summed E-state index contributed by atoms with van der Waals surface area (Å²) in [5, 5.41) is 3.33. The van der Waals surface area contributed by atoms with Crippen LogP contribution in [-0.2, 0) is 17.7 Å². The highest BCUT2D eigenvalue weighted by atomic mass is 16.5. The van der Waals surface area contributed by atoms with Gasteiger partial charge in [-0.25, -0.2) is 0 Å². The molecule has 1 N–H and O–H groups in total. The summed E-state index contributed by atoms with van der Waals surface area (Å²) in [6, 6.07) is 6.10. The quantitative estimate of drug-likeness (QED) is 0.892. The lowest BCUT2D eigenvalue weighted by molar-refractivity contribution is 0.0633. The van der Waals surface area contributed by atoms with Gasteiger partial charge in [0.2, 0.25) is 0 Å². The van der Waals surface area contributed by atoms with Crippen LogP contribution < -0.4 is 5.32 Å². The predicted octanol–water partition coefficient (Wildman–Crippen LogP) is 1.44. The van der Waals surface area contributed by atoms with Gasteiger partial charge in [0, 0.05) is 26.3 Å². The highest BCUT2D eigenvalue weighted by Crippen LogP contribution is 2.17. The van der Waals surface area contributed by atoms with Gasteiger partial charge in [0.05, 0.1) is 12.6 Å². The number of ether oxygens (including phenoxy) is 1. The lowest BCUT2D eigenvalue weighted by Gasteiger charge is -2.25. The number of rotatable bonds is 4. The normalized spacial score (nSPS) is 15.7. The van der Waals surface area contributed by atoms with Crippen molar-refractivity contribution in [3.63, 3.8) is 0 Å². The molecule has 1 unspecified atom stereocenters. The summed E-state index contributed by atoms with van der Waals surface area (Å²) >= 11 is 0. The predicted molar refractivity (Wildman–Crippen MR) is 75.3 cm³/mol. The zero-order valence-electron chi connectivity index (χ0n) is 11.9. The third-order valence-electron chi connectivity index (χ3n) is 3.73. The lowest BCUT2D eigenvalue weighted by atomic mass is 9.98. The second-order valence-electron chi connectivity index (χ2n) is 5.13. The number of hydrogen-bond acceptors (Lipinski definition) is 3. The van der Waals surface area contributed by atoms with Gasteiger partial charge in [-0.3, -0.25) is 4.79 Å². The second-order valence-corrected chi connectivity index (χ2v) is 5.13. The Labute approximate surface area is 114 Å². The van der Waals surface area contributed by atoms with E-state index in [1.165, 1.54) is 11.1 Å². The Morgan fingerprint density at radius 2 is 2.26 bits per heavy atom. The van der Waals surface area contributed by atoms with Gasteiger partial charge >= 0.3 is 0 Å². The molecule has 1 aromatic carbocycles. The van der Waals surface area contributed by atoms with Crippen molar-refractivity contribution in [1.82, 2.24) is 10.2 Å². The molecule has 1 amide bonds. The maximum absolute atomic E-state index is 12.4. The maximum Gasteiger partial charge on any atom is 0.253 e. The first kappa shape index (κ1) is 14.0. The molecule has 1 heterocycles. The Morgan fingerprint density at radius 1 is 1.47 bits per heavy atom. The first-order valence-electron chi connectivity index (χ1n) is 6.72. The van der Waals surface area contributed by atoms with Gasteiger partial charge in [-0.1, -0.05) is 6.07 Å². The van der Waals surface area contributed by atoms with Gasteiger partial charge in [-0.05, 0) is 43.1 Å². The standard InChI is InChI=1S/C15H22N2O2/c1-11(10-19-3)17(2)15(18)13-5-4-12-6-7-16-9-14(12)8-13/h4-5,8,11,16H,6-7,9-10H2,1-3H3. The summed E-state index contributed by atoms with van der Waals surface area (Å²) in [6.45, 7) is 4.41. The van der Waals surface area contributed by atoms with Gasteiger partial charge < -0.3 is 15.0 Å². The van der Waals surface area contributed by atoms with Crippen LogP contribution in [-0.4, -0.2) is 44.2 Å². The molecule has 1 atom stereocenters. The van der Waals surface area contributed by atoms with Crippen molar-refractivity contribution >= 4 is 5.91 Å². The molecule has 1 aliphatic heterocycles. The van der Waals surface area contributed by atoms with Crippen LogP contribution in [0.15, 0.2) is 18.2 Å². The number of carbonyl (C=O) groups excluding carboxylic acids is 1. The van der Waals surface area contributed by atoms with E-state index in [1.54, 1.807) is 12.0 Å². The first-order valence-corrected chi connectivity index (χ1v) is 6.72. The average Bonchev–Trinajstić information content (AvgIpc) is 2.45. The molecular formula is C15H22N2O2. The Bertz CT molecular complexity index is 459. The molecule has 19 heavy (non-hydrogen) atoms. The highest BCUT2D eigenvalue weighted by molar-refractivity contribution is 5.94. The number of likely N-dealkylation sites (N-methyl/N-ethyl adjacent to an activating group) is 1. The van der Waals surface area contributed by atoms with E-state index in [-0.39, 0.29) is 11.9 Å². The zero-order valence-corrected chi connectivity index (χ0v) is 11.9. The molecule has 4 nitrogen and oxygen atoms in total. The molecule has 0 fully saturated rings. The molecule has 0 aliphatic carbocycles. The lowest BCUT2D eigenvalue weighted by Crippen LogP contribution is -2.38. The minimum absolute atomic E-state index is 0.0536. The smallest absolute Gasteiger partial charge is 0.253 e. The number of nitrogens with zero attached hydrogens (tertiary/aromatic N) is 1. The molecule has 0 aromatic heterocycles. The number of methoxy groups -OCH3 is 1. The monoisotopic (exact) mass is 262 g/mol. The molecule has 0 radical (unpaired) electrons. The zero-order chi connectivity index (χ0) is 13.8. The number of carbonyl (C=O) groups is 1. The Hall–Kier alpha value is -1.39. The van der Waals surface area contributed by atoms with E-state index in [4.69, 9.17) is 4.74 Å². The number of benzene rings is 1. The topological polar surface area (TPSA) is 41.6 Å². The minimum Gasteiger partial charge on any atom is -0.383 e. The van der Waals surface area contributed by atoms with Crippen molar-refractivity contribution in [2.45, 2.75) is 25.9 Å². The summed E-state index contributed by atoms with van der Waals surface area (Å²) in [7, 11) is 3.48. The van der Waals surface area contributed by atoms with E-state index in [1.807, 2.05) is 26.1 Å². The number of hydrogen-bond donors (Lipinski definition) is 1. The van der Waals surface area contributed by atoms with Crippen molar-refractivity contribution in [1.29, 1.82) is 0 Å². The van der Waals surface area contributed by atoms with Gasteiger partial charge in [0.25, 0.3) is 5.91 Å². The van der Waals surface area contributed by atoms with Crippen LogP contribution >= 0.6 is 0 Å². The van der Waals surface area contributed by atoms with Crippen LogP contribution in [0.2, 0.25) is 0 Å². The van der Waals surface area contributed by atoms with Crippen LogP contribution in [0.25, 0.3) is 0 Å². The second kappa shape index (κ2) is 6.17. The molecule has 1 aromatic rings. The molecule has 104 valence electrons. The fourth-order valence-electron chi connectivity index (χ4n) is 2.37. The maximum atomic E-state index is 12.4. The van der Waals surface area contributed by atoms with Crippen LogP contribution in [0.3, 0.4) is 0 Å². The Morgan fingerprint density at radius 3 is 3.00 bits per heavy atom. The Balaban J connectivity index is 2.15. The molecule has 0 saturated heterocycles. The van der Waals surface area contributed by atoms with E-state index in [9.17, 15) is 4.79 Å². The summed E-state index contributed by atoms with van der Waals surface area (Å²) in [5.74, 6) is 0.0536. The molecule has 2 rings (SSSR count). The van der Waals surface area contributed by atoms with Crippen molar-refractivity contribution in [2.24, 2.45) is 0 Å². The van der Waals surface area contributed by atoms with Crippen molar-refractivity contribution in [2.75, 3.05) is 27.3 Å². The van der Waals surface area contributed by atoms with Crippen molar-refractivity contribution < 1.29 is 9.53 Å². The van der Waals surface area contributed by atoms with E-state index in [0.717, 1.165) is 25.1 Å². The number of amides is 1. The fraction of sp³-hybridized carbons (Fsp3) is 0.533. The van der Waals surface area contributed by atoms with E-state index < -0.39 is 0 Å². The van der Waals surface area contributed by atoms with Crippen molar-refractivity contribution in [3.05, 3.63) is 34.9 Å². The third-order valence-corrected chi connectivity index (χ3v) is 3.73. The summed E-state index contributed by atoms with van der Waals surface area (Å²) in [4.78, 5) is 14.1.